The topological polar surface area (TPSA) is 79.2 Å². The van der Waals surface area contributed by atoms with Gasteiger partial charge in [0.2, 0.25) is 0 Å². The third-order valence-electron chi connectivity index (χ3n) is 3.67. The minimum absolute atomic E-state index is 0.167. The zero-order valence-corrected chi connectivity index (χ0v) is 11.3. The van der Waals surface area contributed by atoms with Gasteiger partial charge in [-0.2, -0.15) is 0 Å². The molecule has 0 spiro atoms. The van der Waals surface area contributed by atoms with Gasteiger partial charge in [-0.3, -0.25) is 9.59 Å². The number of hydrogen-bond acceptors (Lipinski definition) is 3. The summed E-state index contributed by atoms with van der Waals surface area (Å²) in [7, 11) is 0. The lowest BCUT2D eigenvalue weighted by molar-refractivity contribution is 0.0576. The van der Waals surface area contributed by atoms with Gasteiger partial charge >= 0.3 is 0 Å². The Balaban J connectivity index is 2.20. The quantitative estimate of drug-likeness (QED) is 0.832. The van der Waals surface area contributed by atoms with Gasteiger partial charge in [-0.25, -0.2) is 0 Å². The molecular formula is C14H21N3O2. The summed E-state index contributed by atoms with van der Waals surface area (Å²) in [6, 6.07) is 1.74. The Morgan fingerprint density at radius 3 is 2.79 bits per heavy atom. The van der Waals surface area contributed by atoms with Crippen LogP contribution in [0.3, 0.4) is 0 Å². The second-order valence-electron chi connectivity index (χ2n) is 5.12. The van der Waals surface area contributed by atoms with Crippen LogP contribution in [0.25, 0.3) is 0 Å². The third-order valence-corrected chi connectivity index (χ3v) is 3.67. The summed E-state index contributed by atoms with van der Waals surface area (Å²) in [5, 5.41) is 0. The molecule has 1 aliphatic carbocycles. The van der Waals surface area contributed by atoms with Crippen molar-refractivity contribution in [1.29, 1.82) is 0 Å². The number of aryl methyl sites for hydroxylation is 1. The van der Waals surface area contributed by atoms with Crippen molar-refractivity contribution >= 4 is 5.91 Å². The lowest BCUT2D eigenvalue weighted by Crippen LogP contribution is -2.46. The summed E-state index contributed by atoms with van der Waals surface area (Å²) in [6.07, 6.45) is 5.50. The molecule has 0 bridgehead atoms. The maximum absolute atomic E-state index is 12.5. The predicted octanol–water partition coefficient (Wildman–Crippen LogP) is 1.03. The molecule has 2 rings (SSSR count). The van der Waals surface area contributed by atoms with Crippen molar-refractivity contribution in [2.75, 3.05) is 13.1 Å². The first-order valence-corrected chi connectivity index (χ1v) is 6.84. The van der Waals surface area contributed by atoms with Crippen LogP contribution in [0.5, 0.6) is 0 Å². The van der Waals surface area contributed by atoms with Crippen LogP contribution in [0, 0.1) is 6.92 Å². The van der Waals surface area contributed by atoms with E-state index in [0.717, 1.165) is 31.4 Å². The molecule has 0 radical (unpaired) electrons. The average molecular weight is 263 g/mol. The van der Waals surface area contributed by atoms with Crippen LogP contribution in [0.2, 0.25) is 0 Å². The standard InChI is InChI=1S/C14H21N3O2/c1-10-8-13(18)12(9-16-10)14(19)17(7-3-6-15)11-4-2-5-11/h8-9,11H,2-7,15H2,1H3,(H,16,18). The Morgan fingerprint density at radius 2 is 2.26 bits per heavy atom. The van der Waals surface area contributed by atoms with Crippen molar-refractivity contribution in [2.45, 2.75) is 38.6 Å². The Morgan fingerprint density at radius 1 is 1.53 bits per heavy atom. The van der Waals surface area contributed by atoms with E-state index < -0.39 is 0 Å². The van der Waals surface area contributed by atoms with E-state index >= 15 is 0 Å². The van der Waals surface area contributed by atoms with E-state index in [-0.39, 0.29) is 22.9 Å². The number of H-pyrrole nitrogens is 1. The molecule has 1 saturated carbocycles. The van der Waals surface area contributed by atoms with Crippen molar-refractivity contribution < 1.29 is 4.79 Å². The molecule has 3 N–H and O–H groups in total. The number of pyridine rings is 1. The molecule has 1 amide bonds. The smallest absolute Gasteiger partial charge is 0.259 e. The Labute approximate surface area is 112 Å². The van der Waals surface area contributed by atoms with Crippen LogP contribution < -0.4 is 11.2 Å². The van der Waals surface area contributed by atoms with Crippen LogP contribution in [0.4, 0.5) is 0 Å². The van der Waals surface area contributed by atoms with E-state index in [1.165, 1.54) is 12.3 Å². The summed E-state index contributed by atoms with van der Waals surface area (Å²) < 4.78 is 0. The Kier molecular flexibility index (Phi) is 4.37. The van der Waals surface area contributed by atoms with Gasteiger partial charge in [0.25, 0.3) is 5.91 Å². The van der Waals surface area contributed by atoms with Crippen LogP contribution in [-0.2, 0) is 0 Å². The second kappa shape index (κ2) is 6.02. The fraction of sp³-hybridized carbons (Fsp3) is 0.571. The molecule has 0 aliphatic heterocycles. The van der Waals surface area contributed by atoms with Crippen molar-refractivity contribution in [3.8, 4) is 0 Å². The van der Waals surface area contributed by atoms with Gasteiger partial charge in [0.1, 0.15) is 5.56 Å². The van der Waals surface area contributed by atoms with Crippen molar-refractivity contribution in [1.82, 2.24) is 9.88 Å². The van der Waals surface area contributed by atoms with Gasteiger partial charge in [-0.05, 0) is 39.2 Å². The van der Waals surface area contributed by atoms with Gasteiger partial charge in [0.05, 0.1) is 0 Å². The van der Waals surface area contributed by atoms with Crippen LogP contribution in [0.15, 0.2) is 17.1 Å². The van der Waals surface area contributed by atoms with Gasteiger partial charge in [0.15, 0.2) is 5.43 Å². The maximum atomic E-state index is 12.5. The summed E-state index contributed by atoms with van der Waals surface area (Å²) in [5.74, 6) is -0.167. The van der Waals surface area contributed by atoms with Gasteiger partial charge in [-0.1, -0.05) is 0 Å². The molecule has 1 fully saturated rings. The first kappa shape index (κ1) is 13.8. The van der Waals surface area contributed by atoms with Crippen molar-refractivity contribution in [2.24, 2.45) is 5.73 Å². The van der Waals surface area contributed by atoms with Crippen LogP contribution in [0.1, 0.15) is 41.7 Å². The van der Waals surface area contributed by atoms with Gasteiger partial charge in [0, 0.05) is 30.5 Å². The highest BCUT2D eigenvalue weighted by molar-refractivity contribution is 5.94. The van der Waals surface area contributed by atoms with Crippen molar-refractivity contribution in [3.05, 3.63) is 33.7 Å². The molecule has 1 heterocycles. The zero-order chi connectivity index (χ0) is 13.8. The SMILES string of the molecule is Cc1cc(=O)c(C(=O)N(CCCN)C2CCC2)c[nH]1. The number of aromatic amines is 1. The Bertz CT molecular complexity index is 506. The number of amides is 1. The van der Waals surface area contributed by atoms with E-state index in [0.29, 0.717) is 13.1 Å². The highest BCUT2D eigenvalue weighted by atomic mass is 16.2. The minimum Gasteiger partial charge on any atom is -0.364 e. The van der Waals surface area contributed by atoms with Gasteiger partial charge in [-0.15, -0.1) is 0 Å². The minimum atomic E-state index is -0.210. The number of nitrogens with one attached hydrogen (secondary N) is 1. The maximum Gasteiger partial charge on any atom is 0.259 e. The number of carbonyl (C=O) groups is 1. The molecule has 0 unspecified atom stereocenters. The number of rotatable bonds is 5. The molecule has 104 valence electrons. The van der Waals surface area contributed by atoms with E-state index in [9.17, 15) is 9.59 Å². The number of hydrogen-bond donors (Lipinski definition) is 2. The second-order valence-corrected chi connectivity index (χ2v) is 5.12. The monoisotopic (exact) mass is 263 g/mol. The summed E-state index contributed by atoms with van der Waals surface area (Å²) in [4.78, 5) is 29.1. The molecule has 1 aliphatic rings. The molecule has 5 heteroatoms. The van der Waals surface area contributed by atoms with Crippen LogP contribution >= 0.6 is 0 Å². The number of aromatic nitrogens is 1. The number of nitrogens with zero attached hydrogens (tertiary/aromatic N) is 1. The van der Waals surface area contributed by atoms with Crippen molar-refractivity contribution in [3.63, 3.8) is 0 Å². The lowest BCUT2D eigenvalue weighted by atomic mass is 9.91. The molecule has 19 heavy (non-hydrogen) atoms. The molecule has 5 nitrogen and oxygen atoms in total. The fourth-order valence-electron chi connectivity index (χ4n) is 2.30. The number of nitrogens with two attached hydrogens (primary N) is 1. The Hall–Kier alpha value is -1.62. The van der Waals surface area contributed by atoms with Crippen LogP contribution in [-0.4, -0.2) is 34.9 Å². The highest BCUT2D eigenvalue weighted by Gasteiger charge is 2.29. The first-order chi connectivity index (χ1) is 9.13. The number of carbonyl (C=O) groups excluding carboxylic acids is 1. The molecule has 0 aromatic carbocycles. The highest BCUT2D eigenvalue weighted by Crippen LogP contribution is 2.25. The first-order valence-electron chi connectivity index (χ1n) is 6.84. The predicted molar refractivity (Wildman–Crippen MR) is 74.1 cm³/mol. The lowest BCUT2D eigenvalue weighted by Gasteiger charge is -2.37. The van der Waals surface area contributed by atoms with E-state index in [1.54, 1.807) is 6.92 Å². The normalized spacial score (nSPS) is 15.1. The summed E-state index contributed by atoms with van der Waals surface area (Å²) in [5.41, 5.74) is 6.30. The van der Waals surface area contributed by atoms with E-state index in [1.807, 2.05) is 4.90 Å². The average Bonchev–Trinajstić information content (AvgIpc) is 2.31. The van der Waals surface area contributed by atoms with E-state index in [4.69, 9.17) is 5.73 Å². The molecule has 1 aromatic rings. The molecular weight excluding hydrogens is 242 g/mol. The molecule has 0 atom stereocenters. The van der Waals surface area contributed by atoms with Gasteiger partial charge < -0.3 is 15.6 Å². The molecule has 0 saturated heterocycles. The largest absolute Gasteiger partial charge is 0.364 e. The zero-order valence-electron chi connectivity index (χ0n) is 11.3. The summed E-state index contributed by atoms with van der Waals surface area (Å²) in [6.45, 7) is 2.99. The molecule has 1 aromatic heterocycles. The summed E-state index contributed by atoms with van der Waals surface area (Å²) >= 11 is 0. The third kappa shape index (κ3) is 3.04. The van der Waals surface area contributed by atoms with E-state index in [2.05, 4.69) is 4.98 Å². The fourth-order valence-corrected chi connectivity index (χ4v) is 2.30.